The van der Waals surface area contributed by atoms with Gasteiger partial charge in [-0.15, -0.1) is 0 Å². The molecule has 0 aromatic heterocycles. The number of carbonyl (C=O) groups excluding carboxylic acids is 1. The van der Waals surface area contributed by atoms with E-state index in [-0.39, 0.29) is 18.7 Å². The van der Waals surface area contributed by atoms with Crippen LogP contribution in [0.4, 0.5) is 0 Å². The highest BCUT2D eigenvalue weighted by Crippen LogP contribution is 2.32. The van der Waals surface area contributed by atoms with E-state index in [2.05, 4.69) is 21.2 Å². The van der Waals surface area contributed by atoms with Crippen LogP contribution in [0, 0.1) is 0 Å². The summed E-state index contributed by atoms with van der Waals surface area (Å²) in [5.74, 6) is 1.29. The van der Waals surface area contributed by atoms with Gasteiger partial charge in [0.15, 0.2) is 11.5 Å². The summed E-state index contributed by atoms with van der Waals surface area (Å²) in [7, 11) is 0. The molecule has 23 heavy (non-hydrogen) atoms. The molecule has 2 aromatic rings. The largest absolute Gasteiger partial charge is 0.454 e. The van der Waals surface area contributed by atoms with Crippen LogP contribution in [-0.2, 0) is 4.79 Å². The minimum atomic E-state index is -0.147. The summed E-state index contributed by atoms with van der Waals surface area (Å²) in [6.45, 7) is 2.19. The molecule has 1 aliphatic heterocycles. The minimum absolute atomic E-state index is 0.0838. The molecule has 1 N–H and O–H groups in total. The van der Waals surface area contributed by atoms with Crippen molar-refractivity contribution in [1.82, 2.24) is 5.32 Å². The summed E-state index contributed by atoms with van der Waals surface area (Å²) in [5, 5.41) is 2.95. The molecule has 0 fully saturated rings. The van der Waals surface area contributed by atoms with Crippen molar-refractivity contribution in [2.75, 3.05) is 6.79 Å². The number of hydrogen-bond acceptors (Lipinski definition) is 3. The maximum absolute atomic E-state index is 12.1. The van der Waals surface area contributed by atoms with Gasteiger partial charge in [0, 0.05) is 10.5 Å². The SMILES string of the molecule is CC(NC(=O)/C=C/c1ccc2c(c1)OCO2)c1ccccc1Br. The predicted octanol–water partition coefficient (Wildman–Crippen LogP) is 4.07. The van der Waals surface area contributed by atoms with Crippen molar-refractivity contribution < 1.29 is 14.3 Å². The van der Waals surface area contributed by atoms with E-state index < -0.39 is 0 Å². The topological polar surface area (TPSA) is 47.6 Å². The number of ether oxygens (including phenoxy) is 2. The monoisotopic (exact) mass is 373 g/mol. The van der Waals surface area contributed by atoms with Crippen LogP contribution >= 0.6 is 15.9 Å². The van der Waals surface area contributed by atoms with Gasteiger partial charge in [-0.3, -0.25) is 4.79 Å². The Balaban J connectivity index is 1.64. The smallest absolute Gasteiger partial charge is 0.244 e. The van der Waals surface area contributed by atoms with Gasteiger partial charge in [-0.1, -0.05) is 40.2 Å². The summed E-state index contributed by atoms with van der Waals surface area (Å²) in [4.78, 5) is 12.1. The highest BCUT2D eigenvalue weighted by atomic mass is 79.9. The molecule has 2 aromatic carbocycles. The van der Waals surface area contributed by atoms with Gasteiger partial charge in [-0.05, 0) is 42.3 Å². The zero-order chi connectivity index (χ0) is 16.2. The molecule has 0 spiro atoms. The highest BCUT2D eigenvalue weighted by Gasteiger charge is 2.13. The van der Waals surface area contributed by atoms with Crippen LogP contribution < -0.4 is 14.8 Å². The van der Waals surface area contributed by atoms with Crippen LogP contribution in [0.1, 0.15) is 24.1 Å². The molecule has 1 aliphatic rings. The van der Waals surface area contributed by atoms with E-state index in [1.165, 1.54) is 6.08 Å². The summed E-state index contributed by atoms with van der Waals surface area (Å²) >= 11 is 3.50. The summed E-state index contributed by atoms with van der Waals surface area (Å²) < 4.78 is 11.6. The average molecular weight is 374 g/mol. The molecule has 4 nitrogen and oxygen atoms in total. The molecule has 0 aliphatic carbocycles. The first-order chi connectivity index (χ1) is 11.1. The average Bonchev–Trinajstić information content (AvgIpc) is 3.01. The van der Waals surface area contributed by atoms with Crippen molar-refractivity contribution in [2.45, 2.75) is 13.0 Å². The van der Waals surface area contributed by atoms with Crippen LogP contribution in [-0.4, -0.2) is 12.7 Å². The first-order valence-electron chi connectivity index (χ1n) is 7.26. The van der Waals surface area contributed by atoms with Crippen LogP contribution in [0.15, 0.2) is 53.0 Å². The zero-order valence-corrected chi connectivity index (χ0v) is 14.2. The molecule has 118 valence electrons. The standard InChI is InChI=1S/C18H16BrNO3/c1-12(14-4-2-3-5-15(14)19)20-18(21)9-7-13-6-8-16-17(10-13)23-11-22-16/h2-10,12H,11H2,1H3,(H,20,21)/b9-7+. The number of halogens is 1. The molecule has 5 heteroatoms. The molecule has 0 radical (unpaired) electrons. The van der Waals surface area contributed by atoms with Crippen LogP contribution in [0.5, 0.6) is 11.5 Å². The first-order valence-corrected chi connectivity index (χ1v) is 8.05. The Morgan fingerprint density at radius 2 is 2.00 bits per heavy atom. The lowest BCUT2D eigenvalue weighted by molar-refractivity contribution is -0.117. The fraction of sp³-hybridized carbons (Fsp3) is 0.167. The molecule has 1 atom stereocenters. The third kappa shape index (κ3) is 3.74. The van der Waals surface area contributed by atoms with Crippen molar-refractivity contribution in [1.29, 1.82) is 0 Å². The molecule has 3 rings (SSSR count). The second-order valence-electron chi connectivity index (χ2n) is 5.20. The zero-order valence-electron chi connectivity index (χ0n) is 12.6. The predicted molar refractivity (Wildman–Crippen MR) is 92.3 cm³/mol. The number of fused-ring (bicyclic) bond motifs is 1. The maximum atomic E-state index is 12.1. The lowest BCUT2D eigenvalue weighted by atomic mass is 10.1. The van der Waals surface area contributed by atoms with Gasteiger partial charge in [-0.25, -0.2) is 0 Å². The number of nitrogens with one attached hydrogen (secondary N) is 1. The van der Waals surface area contributed by atoms with Crippen LogP contribution in [0.3, 0.4) is 0 Å². The Labute approximate surface area is 143 Å². The van der Waals surface area contributed by atoms with Gasteiger partial charge in [-0.2, -0.15) is 0 Å². The molecule has 1 amide bonds. The molecule has 1 unspecified atom stereocenters. The van der Waals surface area contributed by atoms with Crippen molar-refractivity contribution >= 4 is 27.9 Å². The van der Waals surface area contributed by atoms with Crippen molar-refractivity contribution in [3.63, 3.8) is 0 Å². The number of benzene rings is 2. The Kier molecular flexibility index (Phi) is 4.67. The molecular formula is C18H16BrNO3. The van der Waals surface area contributed by atoms with Gasteiger partial charge in [0.05, 0.1) is 6.04 Å². The molecule has 0 saturated heterocycles. The third-order valence-electron chi connectivity index (χ3n) is 3.55. The van der Waals surface area contributed by atoms with E-state index in [0.717, 1.165) is 21.3 Å². The Morgan fingerprint density at radius 3 is 2.83 bits per heavy atom. The highest BCUT2D eigenvalue weighted by molar-refractivity contribution is 9.10. The molecule has 0 bridgehead atoms. The second-order valence-corrected chi connectivity index (χ2v) is 6.05. The van der Waals surface area contributed by atoms with Crippen molar-refractivity contribution in [3.8, 4) is 11.5 Å². The van der Waals surface area contributed by atoms with E-state index in [4.69, 9.17) is 9.47 Å². The van der Waals surface area contributed by atoms with Crippen molar-refractivity contribution in [2.24, 2.45) is 0 Å². The quantitative estimate of drug-likeness (QED) is 0.821. The number of hydrogen-bond donors (Lipinski definition) is 1. The van der Waals surface area contributed by atoms with Gasteiger partial charge in [0.2, 0.25) is 12.7 Å². The van der Waals surface area contributed by atoms with E-state index in [1.807, 2.05) is 49.4 Å². The number of carbonyl (C=O) groups is 1. The number of amides is 1. The summed E-state index contributed by atoms with van der Waals surface area (Å²) in [6, 6.07) is 13.3. The normalized spacial score (nSPS) is 14.0. The minimum Gasteiger partial charge on any atom is -0.454 e. The van der Waals surface area contributed by atoms with E-state index in [0.29, 0.717) is 5.75 Å². The Hall–Kier alpha value is -2.27. The third-order valence-corrected chi connectivity index (χ3v) is 4.28. The molecule has 1 heterocycles. The Morgan fingerprint density at radius 1 is 1.22 bits per heavy atom. The van der Waals surface area contributed by atoms with Gasteiger partial charge in [0.25, 0.3) is 0 Å². The summed E-state index contributed by atoms with van der Waals surface area (Å²) in [6.07, 6.45) is 3.27. The Bertz CT molecular complexity index is 758. The van der Waals surface area contributed by atoms with E-state index in [9.17, 15) is 4.79 Å². The van der Waals surface area contributed by atoms with E-state index in [1.54, 1.807) is 6.08 Å². The second kappa shape index (κ2) is 6.87. The lowest BCUT2D eigenvalue weighted by Crippen LogP contribution is -2.24. The first kappa shape index (κ1) is 15.6. The van der Waals surface area contributed by atoms with Crippen LogP contribution in [0.2, 0.25) is 0 Å². The number of rotatable bonds is 4. The van der Waals surface area contributed by atoms with Crippen LogP contribution in [0.25, 0.3) is 6.08 Å². The van der Waals surface area contributed by atoms with Gasteiger partial charge < -0.3 is 14.8 Å². The van der Waals surface area contributed by atoms with Gasteiger partial charge in [0.1, 0.15) is 0 Å². The fourth-order valence-corrected chi connectivity index (χ4v) is 2.98. The molecular weight excluding hydrogens is 358 g/mol. The maximum Gasteiger partial charge on any atom is 0.244 e. The van der Waals surface area contributed by atoms with Crippen molar-refractivity contribution in [3.05, 3.63) is 64.1 Å². The van der Waals surface area contributed by atoms with Gasteiger partial charge >= 0.3 is 0 Å². The van der Waals surface area contributed by atoms with E-state index >= 15 is 0 Å². The lowest BCUT2D eigenvalue weighted by Gasteiger charge is -2.14. The fourth-order valence-electron chi connectivity index (χ4n) is 2.35. The molecule has 0 saturated carbocycles. The summed E-state index contributed by atoms with van der Waals surface area (Å²) in [5.41, 5.74) is 1.93.